The fraction of sp³-hybridized carbons (Fsp3) is 0.357. The number of morpholine rings is 1. The number of hydrogen-bond donors (Lipinski definition) is 1. The number of rotatable bonds is 3. The first-order chi connectivity index (χ1) is 10.1. The normalized spacial score (nSPS) is 20.5. The third-order valence-electron chi connectivity index (χ3n) is 3.63. The summed E-state index contributed by atoms with van der Waals surface area (Å²) in [5.74, 6) is 0. The van der Waals surface area contributed by atoms with E-state index in [0.29, 0.717) is 24.7 Å². The molecule has 0 saturated carbocycles. The standard InChI is InChI=1S/C14H17N3O3S/c1-11-9-15-16-14(11)13-10-20-8-7-17(13)21(18,19)12-5-3-2-4-6-12/h2-6,9,13H,7-8,10H2,1H3,(H,15,16). The Kier molecular flexibility index (Phi) is 3.79. The molecule has 1 atom stereocenters. The van der Waals surface area contributed by atoms with Gasteiger partial charge >= 0.3 is 0 Å². The van der Waals surface area contributed by atoms with Crippen LogP contribution in [0.2, 0.25) is 0 Å². The third-order valence-corrected chi connectivity index (χ3v) is 5.55. The number of aromatic nitrogens is 2. The largest absolute Gasteiger partial charge is 0.378 e. The molecule has 1 aliphatic heterocycles. The first-order valence-corrected chi connectivity index (χ1v) is 8.19. The van der Waals surface area contributed by atoms with Gasteiger partial charge in [-0.05, 0) is 24.6 Å². The first-order valence-electron chi connectivity index (χ1n) is 6.75. The molecule has 1 aromatic heterocycles. The molecule has 1 aromatic carbocycles. The van der Waals surface area contributed by atoms with Gasteiger partial charge in [0.15, 0.2) is 0 Å². The second kappa shape index (κ2) is 5.59. The summed E-state index contributed by atoms with van der Waals surface area (Å²) < 4.78 is 32.6. The van der Waals surface area contributed by atoms with Crippen molar-refractivity contribution in [1.29, 1.82) is 0 Å². The zero-order valence-electron chi connectivity index (χ0n) is 11.7. The van der Waals surface area contributed by atoms with E-state index in [1.165, 1.54) is 4.31 Å². The lowest BCUT2D eigenvalue weighted by atomic mass is 10.1. The minimum atomic E-state index is -3.55. The number of aryl methyl sites for hydroxylation is 1. The van der Waals surface area contributed by atoms with E-state index in [1.807, 2.05) is 6.92 Å². The molecular weight excluding hydrogens is 290 g/mol. The molecule has 2 heterocycles. The number of benzene rings is 1. The van der Waals surface area contributed by atoms with E-state index in [2.05, 4.69) is 10.2 Å². The molecule has 0 aliphatic carbocycles. The van der Waals surface area contributed by atoms with Crippen molar-refractivity contribution >= 4 is 10.0 Å². The zero-order chi connectivity index (χ0) is 14.9. The Labute approximate surface area is 123 Å². The molecule has 0 bridgehead atoms. The van der Waals surface area contributed by atoms with Crippen molar-refractivity contribution in [2.24, 2.45) is 0 Å². The highest BCUT2D eigenvalue weighted by molar-refractivity contribution is 7.89. The van der Waals surface area contributed by atoms with Gasteiger partial charge in [-0.2, -0.15) is 9.40 Å². The minimum absolute atomic E-state index is 0.300. The van der Waals surface area contributed by atoms with Crippen LogP contribution in [0.25, 0.3) is 0 Å². The van der Waals surface area contributed by atoms with Crippen molar-refractivity contribution in [3.8, 4) is 0 Å². The van der Waals surface area contributed by atoms with Crippen molar-refractivity contribution in [3.05, 3.63) is 47.8 Å². The van der Waals surface area contributed by atoms with E-state index < -0.39 is 10.0 Å². The number of sulfonamides is 1. The van der Waals surface area contributed by atoms with Crippen LogP contribution in [0.5, 0.6) is 0 Å². The molecular formula is C14H17N3O3S. The van der Waals surface area contributed by atoms with Gasteiger partial charge in [0, 0.05) is 6.54 Å². The lowest BCUT2D eigenvalue weighted by molar-refractivity contribution is 0.0303. The minimum Gasteiger partial charge on any atom is -0.378 e. The maximum Gasteiger partial charge on any atom is 0.243 e. The summed E-state index contributed by atoms with van der Waals surface area (Å²) in [6.07, 6.45) is 1.69. The van der Waals surface area contributed by atoms with Gasteiger partial charge in [0.05, 0.1) is 36.0 Å². The maximum atomic E-state index is 12.8. The van der Waals surface area contributed by atoms with Crippen molar-refractivity contribution in [2.75, 3.05) is 19.8 Å². The van der Waals surface area contributed by atoms with Crippen LogP contribution >= 0.6 is 0 Å². The van der Waals surface area contributed by atoms with E-state index in [4.69, 9.17) is 4.74 Å². The molecule has 1 N–H and O–H groups in total. The van der Waals surface area contributed by atoms with Gasteiger partial charge < -0.3 is 4.74 Å². The van der Waals surface area contributed by atoms with Crippen LogP contribution in [-0.4, -0.2) is 42.7 Å². The number of nitrogens with one attached hydrogen (secondary N) is 1. The second-order valence-corrected chi connectivity index (χ2v) is 6.88. The fourth-order valence-corrected chi connectivity index (χ4v) is 4.11. The highest BCUT2D eigenvalue weighted by atomic mass is 32.2. The zero-order valence-corrected chi connectivity index (χ0v) is 12.5. The van der Waals surface area contributed by atoms with Crippen LogP contribution in [0.3, 0.4) is 0 Å². The molecule has 1 fully saturated rings. The van der Waals surface area contributed by atoms with E-state index in [9.17, 15) is 8.42 Å². The van der Waals surface area contributed by atoms with Crippen LogP contribution in [0.4, 0.5) is 0 Å². The molecule has 1 unspecified atom stereocenters. The molecule has 7 heteroatoms. The summed E-state index contributed by atoms with van der Waals surface area (Å²) in [4.78, 5) is 0.300. The monoisotopic (exact) mass is 307 g/mol. The SMILES string of the molecule is Cc1cn[nH]c1C1COCCN1S(=O)(=O)c1ccccc1. The lowest BCUT2D eigenvalue weighted by Gasteiger charge is -2.34. The molecule has 6 nitrogen and oxygen atoms in total. The summed E-state index contributed by atoms with van der Waals surface area (Å²) in [6.45, 7) is 2.96. The summed E-state index contributed by atoms with van der Waals surface area (Å²) >= 11 is 0. The van der Waals surface area contributed by atoms with E-state index in [1.54, 1.807) is 36.5 Å². The van der Waals surface area contributed by atoms with Crippen molar-refractivity contribution in [2.45, 2.75) is 17.9 Å². The quantitative estimate of drug-likeness (QED) is 0.932. The Bertz CT molecular complexity index is 712. The van der Waals surface area contributed by atoms with Gasteiger partial charge in [0.2, 0.25) is 10.0 Å². The Morgan fingerprint density at radius 1 is 1.33 bits per heavy atom. The molecule has 1 aliphatic rings. The van der Waals surface area contributed by atoms with Crippen molar-refractivity contribution < 1.29 is 13.2 Å². The summed E-state index contributed by atoms with van der Waals surface area (Å²) in [5.41, 5.74) is 1.72. The molecule has 1 saturated heterocycles. The summed E-state index contributed by atoms with van der Waals surface area (Å²) in [5, 5.41) is 6.88. The number of hydrogen-bond acceptors (Lipinski definition) is 4. The number of aromatic amines is 1. The molecule has 0 spiro atoms. The van der Waals surface area contributed by atoms with Gasteiger partial charge in [-0.3, -0.25) is 5.10 Å². The van der Waals surface area contributed by atoms with Gasteiger partial charge in [-0.1, -0.05) is 18.2 Å². The molecule has 21 heavy (non-hydrogen) atoms. The fourth-order valence-electron chi connectivity index (χ4n) is 2.53. The molecule has 3 rings (SSSR count). The van der Waals surface area contributed by atoms with Gasteiger partial charge in [-0.25, -0.2) is 8.42 Å². The number of nitrogens with zero attached hydrogens (tertiary/aromatic N) is 2. The molecule has 0 amide bonds. The molecule has 112 valence electrons. The van der Waals surface area contributed by atoms with E-state index >= 15 is 0 Å². The highest BCUT2D eigenvalue weighted by Crippen LogP contribution is 2.30. The van der Waals surface area contributed by atoms with Crippen molar-refractivity contribution in [1.82, 2.24) is 14.5 Å². The van der Waals surface area contributed by atoms with Crippen molar-refractivity contribution in [3.63, 3.8) is 0 Å². The lowest BCUT2D eigenvalue weighted by Crippen LogP contribution is -2.43. The average Bonchev–Trinajstić information content (AvgIpc) is 2.94. The third kappa shape index (κ3) is 2.59. The van der Waals surface area contributed by atoms with Gasteiger partial charge in [-0.15, -0.1) is 0 Å². The van der Waals surface area contributed by atoms with Crippen LogP contribution in [0, 0.1) is 6.92 Å². The van der Waals surface area contributed by atoms with Gasteiger partial charge in [0.25, 0.3) is 0 Å². The molecule has 0 radical (unpaired) electrons. The summed E-state index contributed by atoms with van der Waals surface area (Å²) in [7, 11) is -3.55. The summed E-state index contributed by atoms with van der Waals surface area (Å²) in [6, 6.07) is 8.11. The Balaban J connectivity index is 2.01. The predicted octanol–water partition coefficient (Wildman–Crippen LogP) is 1.48. The number of H-pyrrole nitrogens is 1. The second-order valence-electron chi connectivity index (χ2n) is 4.99. The Morgan fingerprint density at radius 3 is 2.76 bits per heavy atom. The van der Waals surface area contributed by atoms with Crippen LogP contribution in [-0.2, 0) is 14.8 Å². The van der Waals surface area contributed by atoms with Crippen LogP contribution in [0.1, 0.15) is 17.3 Å². The predicted molar refractivity (Wildman–Crippen MR) is 77.2 cm³/mol. The van der Waals surface area contributed by atoms with E-state index in [0.717, 1.165) is 11.3 Å². The maximum absolute atomic E-state index is 12.8. The topological polar surface area (TPSA) is 75.3 Å². The average molecular weight is 307 g/mol. The highest BCUT2D eigenvalue weighted by Gasteiger charge is 2.36. The first kappa shape index (κ1) is 14.2. The van der Waals surface area contributed by atoms with Gasteiger partial charge in [0.1, 0.15) is 0 Å². The van der Waals surface area contributed by atoms with Crippen LogP contribution < -0.4 is 0 Å². The Morgan fingerprint density at radius 2 is 2.10 bits per heavy atom. The number of ether oxygens (including phenoxy) is 1. The smallest absolute Gasteiger partial charge is 0.243 e. The van der Waals surface area contributed by atoms with E-state index in [-0.39, 0.29) is 6.04 Å². The van der Waals surface area contributed by atoms with Crippen LogP contribution in [0.15, 0.2) is 41.4 Å². The Hall–Kier alpha value is -1.70. The molecule has 2 aromatic rings.